The van der Waals surface area contributed by atoms with Crippen LogP contribution in [0.2, 0.25) is 0 Å². The van der Waals surface area contributed by atoms with Crippen LogP contribution >= 0.6 is 0 Å². The zero-order chi connectivity index (χ0) is 9.42. The number of fused-ring (bicyclic) bond motifs is 1. The molecule has 72 valence electrons. The van der Waals surface area contributed by atoms with Crippen LogP contribution in [0.5, 0.6) is 0 Å². The molecule has 0 spiro atoms. The summed E-state index contributed by atoms with van der Waals surface area (Å²) in [5.74, 6) is 0. The lowest BCUT2D eigenvalue weighted by molar-refractivity contribution is 0.299. The Morgan fingerprint density at radius 1 is 1.69 bits per heavy atom. The molecular weight excluding hydrogens is 169 g/mol. The number of aryl methyl sites for hydroxylation is 1. The minimum Gasteiger partial charge on any atom is -0.325 e. The Labute approximate surface area is 76.7 Å². The van der Waals surface area contributed by atoms with Crippen molar-refractivity contribution in [2.45, 2.75) is 32.0 Å². The van der Waals surface area contributed by atoms with Gasteiger partial charge in [0.05, 0.1) is 5.69 Å². The maximum atomic E-state index is 13.5. The van der Waals surface area contributed by atoms with Gasteiger partial charge < -0.3 is 5.73 Å². The van der Waals surface area contributed by atoms with Crippen molar-refractivity contribution in [1.82, 2.24) is 9.78 Å². The monoisotopic (exact) mass is 183 g/mol. The number of halogens is 1. The first-order valence-corrected chi connectivity index (χ1v) is 4.62. The second kappa shape index (κ2) is 3.10. The molecule has 1 aliphatic rings. The van der Waals surface area contributed by atoms with Gasteiger partial charge >= 0.3 is 0 Å². The topological polar surface area (TPSA) is 43.8 Å². The molecule has 1 aliphatic carbocycles. The van der Waals surface area contributed by atoms with Crippen LogP contribution in [0.1, 0.15) is 36.0 Å². The third-order valence-electron chi connectivity index (χ3n) is 2.66. The van der Waals surface area contributed by atoms with E-state index in [1.807, 2.05) is 7.05 Å². The summed E-state index contributed by atoms with van der Waals surface area (Å²) < 4.78 is 15.3. The van der Waals surface area contributed by atoms with Crippen molar-refractivity contribution in [2.75, 3.05) is 0 Å². The molecule has 4 heteroatoms. The summed E-state index contributed by atoms with van der Waals surface area (Å²) in [6.45, 7) is 0.337. The van der Waals surface area contributed by atoms with Gasteiger partial charge in [0.2, 0.25) is 0 Å². The van der Waals surface area contributed by atoms with Gasteiger partial charge in [0.15, 0.2) is 0 Å². The third kappa shape index (κ3) is 1.25. The number of nitrogens with zero attached hydrogens (tertiary/aromatic N) is 2. The Balaban J connectivity index is 2.52. The molecule has 13 heavy (non-hydrogen) atoms. The Hall–Kier alpha value is -0.900. The van der Waals surface area contributed by atoms with E-state index in [2.05, 4.69) is 5.10 Å². The largest absolute Gasteiger partial charge is 0.325 e. The van der Waals surface area contributed by atoms with Crippen LogP contribution < -0.4 is 5.73 Å². The lowest BCUT2D eigenvalue weighted by Gasteiger charge is -2.16. The molecule has 0 aromatic carbocycles. The molecule has 1 unspecified atom stereocenters. The molecule has 0 fully saturated rings. The average molecular weight is 183 g/mol. The highest BCUT2D eigenvalue weighted by molar-refractivity contribution is 5.30. The predicted octanol–water partition coefficient (Wildman–Crippen LogP) is 1.23. The first-order chi connectivity index (χ1) is 6.24. The van der Waals surface area contributed by atoms with Crippen molar-refractivity contribution < 1.29 is 4.39 Å². The molecule has 0 saturated carbocycles. The molecule has 1 aromatic heterocycles. The standard InChI is InChI=1S/C9H14FN3/c1-13-8-4-2-3-6(10)9(8)7(5-11)12-13/h6H,2-5,11H2,1H3. The van der Waals surface area contributed by atoms with E-state index in [0.29, 0.717) is 13.0 Å². The second-order valence-corrected chi connectivity index (χ2v) is 3.49. The van der Waals surface area contributed by atoms with Crippen LogP contribution in [0.15, 0.2) is 0 Å². The molecule has 2 N–H and O–H groups in total. The highest BCUT2D eigenvalue weighted by Crippen LogP contribution is 2.34. The third-order valence-corrected chi connectivity index (χ3v) is 2.66. The molecule has 1 aromatic rings. The van der Waals surface area contributed by atoms with Crippen LogP contribution in [0.3, 0.4) is 0 Å². The van der Waals surface area contributed by atoms with Crippen LogP contribution in [-0.2, 0) is 20.0 Å². The highest BCUT2D eigenvalue weighted by atomic mass is 19.1. The van der Waals surface area contributed by atoms with Crippen LogP contribution in [0.25, 0.3) is 0 Å². The Morgan fingerprint density at radius 3 is 3.15 bits per heavy atom. The molecular formula is C9H14FN3. The molecule has 0 saturated heterocycles. The maximum Gasteiger partial charge on any atom is 0.129 e. The van der Waals surface area contributed by atoms with Crippen molar-refractivity contribution in [2.24, 2.45) is 12.8 Å². The van der Waals surface area contributed by atoms with Crippen molar-refractivity contribution in [3.05, 3.63) is 17.0 Å². The van der Waals surface area contributed by atoms with Gasteiger partial charge in [0, 0.05) is 24.8 Å². The molecule has 0 radical (unpaired) electrons. The maximum absolute atomic E-state index is 13.5. The summed E-state index contributed by atoms with van der Waals surface area (Å²) in [5.41, 5.74) is 8.02. The van der Waals surface area contributed by atoms with E-state index in [9.17, 15) is 4.39 Å². The summed E-state index contributed by atoms with van der Waals surface area (Å²) in [6, 6.07) is 0. The minimum atomic E-state index is -0.851. The SMILES string of the molecule is Cn1nc(CN)c2c1CCCC2F. The first-order valence-electron chi connectivity index (χ1n) is 4.62. The fraction of sp³-hybridized carbons (Fsp3) is 0.667. The fourth-order valence-electron chi connectivity index (χ4n) is 2.04. The predicted molar refractivity (Wildman–Crippen MR) is 47.9 cm³/mol. The first kappa shape index (κ1) is 8.69. The second-order valence-electron chi connectivity index (χ2n) is 3.49. The smallest absolute Gasteiger partial charge is 0.129 e. The molecule has 1 heterocycles. The quantitative estimate of drug-likeness (QED) is 0.711. The molecule has 3 nitrogen and oxygen atoms in total. The van der Waals surface area contributed by atoms with E-state index in [4.69, 9.17) is 5.73 Å². The van der Waals surface area contributed by atoms with Gasteiger partial charge in [0.1, 0.15) is 6.17 Å². The van der Waals surface area contributed by atoms with E-state index in [-0.39, 0.29) is 0 Å². The number of alkyl halides is 1. The van der Waals surface area contributed by atoms with Gasteiger partial charge in [-0.15, -0.1) is 0 Å². The average Bonchev–Trinajstić information content (AvgIpc) is 2.45. The van der Waals surface area contributed by atoms with Crippen molar-refractivity contribution in [3.63, 3.8) is 0 Å². The van der Waals surface area contributed by atoms with Gasteiger partial charge in [-0.25, -0.2) is 4.39 Å². The molecule has 2 rings (SSSR count). The van der Waals surface area contributed by atoms with E-state index in [0.717, 1.165) is 29.8 Å². The van der Waals surface area contributed by atoms with Gasteiger partial charge in [-0.2, -0.15) is 5.10 Å². The molecule has 0 aliphatic heterocycles. The van der Waals surface area contributed by atoms with E-state index >= 15 is 0 Å². The lowest BCUT2D eigenvalue weighted by atomic mass is 9.94. The number of aromatic nitrogens is 2. The minimum absolute atomic E-state index is 0.337. The van der Waals surface area contributed by atoms with Crippen molar-refractivity contribution in [3.8, 4) is 0 Å². The summed E-state index contributed by atoms with van der Waals surface area (Å²) in [5, 5.41) is 4.21. The number of rotatable bonds is 1. The molecule has 1 atom stereocenters. The number of hydrogen-bond acceptors (Lipinski definition) is 2. The van der Waals surface area contributed by atoms with Crippen LogP contribution in [-0.4, -0.2) is 9.78 Å². The fourth-order valence-corrected chi connectivity index (χ4v) is 2.04. The van der Waals surface area contributed by atoms with Crippen molar-refractivity contribution >= 4 is 0 Å². The Kier molecular flexibility index (Phi) is 2.07. The van der Waals surface area contributed by atoms with Gasteiger partial charge in [-0.3, -0.25) is 4.68 Å². The number of nitrogens with two attached hydrogens (primary N) is 1. The Bertz CT molecular complexity index is 319. The molecule has 0 amide bonds. The zero-order valence-corrected chi connectivity index (χ0v) is 7.76. The number of hydrogen-bond donors (Lipinski definition) is 1. The van der Waals surface area contributed by atoms with Crippen molar-refractivity contribution in [1.29, 1.82) is 0 Å². The lowest BCUT2D eigenvalue weighted by Crippen LogP contribution is -2.09. The van der Waals surface area contributed by atoms with Gasteiger partial charge in [0.25, 0.3) is 0 Å². The van der Waals surface area contributed by atoms with Crippen LogP contribution in [0.4, 0.5) is 4.39 Å². The zero-order valence-electron chi connectivity index (χ0n) is 7.76. The van der Waals surface area contributed by atoms with E-state index in [1.54, 1.807) is 4.68 Å². The summed E-state index contributed by atoms with van der Waals surface area (Å²) in [6.07, 6.45) is 1.61. The van der Waals surface area contributed by atoms with E-state index in [1.165, 1.54) is 0 Å². The molecule has 0 bridgehead atoms. The summed E-state index contributed by atoms with van der Waals surface area (Å²) >= 11 is 0. The highest BCUT2D eigenvalue weighted by Gasteiger charge is 2.26. The van der Waals surface area contributed by atoms with Gasteiger partial charge in [-0.05, 0) is 19.3 Å². The van der Waals surface area contributed by atoms with E-state index < -0.39 is 6.17 Å². The Morgan fingerprint density at radius 2 is 2.46 bits per heavy atom. The summed E-state index contributed by atoms with van der Waals surface area (Å²) in [7, 11) is 1.86. The summed E-state index contributed by atoms with van der Waals surface area (Å²) in [4.78, 5) is 0. The van der Waals surface area contributed by atoms with Crippen LogP contribution in [0, 0.1) is 0 Å². The normalized spacial score (nSPS) is 21.6. The van der Waals surface area contributed by atoms with Gasteiger partial charge in [-0.1, -0.05) is 0 Å².